The number of aromatic nitrogens is 4. The van der Waals surface area contributed by atoms with Crippen molar-refractivity contribution in [3.8, 4) is 17.1 Å². The summed E-state index contributed by atoms with van der Waals surface area (Å²) < 4.78 is 7.53. The lowest BCUT2D eigenvalue weighted by Crippen LogP contribution is -1.94. The van der Waals surface area contributed by atoms with E-state index in [0.717, 1.165) is 16.9 Å². The highest BCUT2D eigenvalue weighted by molar-refractivity contribution is 7.98. The number of nitrogens with zero attached hydrogens (tertiary/aromatic N) is 4. The molecule has 5 nitrogen and oxygen atoms in total. The number of thioether (sulfide) groups is 1. The molecule has 25 heavy (non-hydrogen) atoms. The monoisotopic (exact) mass is 368 g/mol. The van der Waals surface area contributed by atoms with Gasteiger partial charge in [0.05, 0.1) is 11.4 Å². The van der Waals surface area contributed by atoms with E-state index in [9.17, 15) is 0 Å². The second-order valence-corrected chi connectivity index (χ2v) is 6.62. The van der Waals surface area contributed by atoms with Crippen LogP contribution in [0.25, 0.3) is 17.1 Å². The molecular weight excluding hydrogens is 356 g/mol. The summed E-state index contributed by atoms with van der Waals surface area (Å²) in [6.45, 7) is 0. The predicted octanol–water partition coefficient (Wildman–Crippen LogP) is 4.87. The first-order valence-electron chi connectivity index (χ1n) is 7.60. The van der Waals surface area contributed by atoms with Crippen LogP contribution in [0.3, 0.4) is 0 Å². The van der Waals surface area contributed by atoms with Crippen molar-refractivity contribution in [2.24, 2.45) is 0 Å². The van der Waals surface area contributed by atoms with Crippen LogP contribution in [0.15, 0.2) is 76.5 Å². The van der Waals surface area contributed by atoms with Gasteiger partial charge in [-0.15, -0.1) is 10.2 Å². The van der Waals surface area contributed by atoms with Crippen molar-refractivity contribution in [1.29, 1.82) is 0 Å². The number of para-hydroxylation sites is 1. The number of hydrogen-bond donors (Lipinski definition) is 0. The molecule has 2 aromatic carbocycles. The van der Waals surface area contributed by atoms with Gasteiger partial charge < -0.3 is 4.42 Å². The number of rotatable bonds is 5. The van der Waals surface area contributed by atoms with Gasteiger partial charge in [0.1, 0.15) is 0 Å². The van der Waals surface area contributed by atoms with Crippen LogP contribution in [0.5, 0.6) is 0 Å². The van der Waals surface area contributed by atoms with Gasteiger partial charge >= 0.3 is 0 Å². The molecule has 0 aliphatic carbocycles. The van der Waals surface area contributed by atoms with Crippen molar-refractivity contribution in [2.45, 2.75) is 11.0 Å². The SMILES string of the molecule is Clc1cccc(-c2nnc(SCc3ccn(-c4ccccc4)n3)o2)c1. The van der Waals surface area contributed by atoms with Crippen LogP contribution in [-0.4, -0.2) is 20.0 Å². The Bertz CT molecular complexity index is 983. The summed E-state index contributed by atoms with van der Waals surface area (Å²) in [5.74, 6) is 1.11. The van der Waals surface area contributed by atoms with E-state index >= 15 is 0 Å². The normalized spacial score (nSPS) is 10.9. The molecule has 0 amide bonds. The Morgan fingerprint density at radius 1 is 1.00 bits per heavy atom. The summed E-state index contributed by atoms with van der Waals surface area (Å²) in [4.78, 5) is 0. The molecule has 0 aliphatic heterocycles. The lowest BCUT2D eigenvalue weighted by atomic mass is 10.2. The van der Waals surface area contributed by atoms with Crippen molar-refractivity contribution in [1.82, 2.24) is 20.0 Å². The third-order valence-corrected chi connectivity index (χ3v) is 4.57. The minimum absolute atomic E-state index is 0.458. The predicted molar refractivity (Wildman–Crippen MR) is 97.9 cm³/mol. The summed E-state index contributed by atoms with van der Waals surface area (Å²) in [6, 6.07) is 19.3. The summed E-state index contributed by atoms with van der Waals surface area (Å²) in [5, 5.41) is 13.8. The van der Waals surface area contributed by atoms with E-state index in [0.29, 0.717) is 21.9 Å². The maximum Gasteiger partial charge on any atom is 0.277 e. The third kappa shape index (κ3) is 3.75. The van der Waals surface area contributed by atoms with Crippen LogP contribution in [0.1, 0.15) is 5.69 Å². The van der Waals surface area contributed by atoms with Crippen LogP contribution in [0.2, 0.25) is 5.02 Å². The fourth-order valence-electron chi connectivity index (χ4n) is 2.31. The Hall–Kier alpha value is -2.57. The number of benzene rings is 2. The van der Waals surface area contributed by atoms with E-state index in [1.807, 2.05) is 59.4 Å². The average molecular weight is 369 g/mol. The molecule has 0 fully saturated rings. The van der Waals surface area contributed by atoms with E-state index in [1.54, 1.807) is 12.1 Å². The zero-order valence-electron chi connectivity index (χ0n) is 13.0. The molecule has 0 atom stereocenters. The molecule has 0 saturated carbocycles. The Kier molecular flexibility index (Phi) is 4.54. The van der Waals surface area contributed by atoms with Gasteiger partial charge in [0, 0.05) is 22.5 Å². The zero-order chi connectivity index (χ0) is 17.1. The molecule has 124 valence electrons. The summed E-state index contributed by atoms with van der Waals surface area (Å²) in [7, 11) is 0. The minimum atomic E-state index is 0.458. The van der Waals surface area contributed by atoms with Crippen molar-refractivity contribution in [3.63, 3.8) is 0 Å². The number of halogens is 1. The average Bonchev–Trinajstić information content (AvgIpc) is 3.30. The molecule has 7 heteroatoms. The van der Waals surface area contributed by atoms with Crippen LogP contribution < -0.4 is 0 Å². The summed E-state index contributed by atoms with van der Waals surface area (Å²) >= 11 is 7.44. The Labute approximate surface area is 153 Å². The summed E-state index contributed by atoms with van der Waals surface area (Å²) in [6.07, 6.45) is 1.94. The van der Waals surface area contributed by atoms with Crippen molar-refractivity contribution < 1.29 is 4.42 Å². The molecule has 4 aromatic rings. The van der Waals surface area contributed by atoms with Gasteiger partial charge in [0.2, 0.25) is 5.89 Å². The zero-order valence-corrected chi connectivity index (χ0v) is 14.6. The molecular formula is C18H13ClN4OS. The highest BCUT2D eigenvalue weighted by atomic mass is 35.5. The van der Waals surface area contributed by atoms with Gasteiger partial charge in [-0.1, -0.05) is 47.6 Å². The Morgan fingerprint density at radius 3 is 2.72 bits per heavy atom. The van der Waals surface area contributed by atoms with Crippen LogP contribution >= 0.6 is 23.4 Å². The molecule has 0 radical (unpaired) electrons. The first-order chi connectivity index (χ1) is 12.3. The first kappa shape index (κ1) is 15.9. The minimum Gasteiger partial charge on any atom is -0.411 e. The second kappa shape index (κ2) is 7.13. The molecule has 0 N–H and O–H groups in total. The molecule has 0 unspecified atom stereocenters. The lowest BCUT2D eigenvalue weighted by molar-refractivity contribution is 0.466. The largest absolute Gasteiger partial charge is 0.411 e. The standard InChI is InChI=1S/C18H13ClN4OS/c19-14-6-4-5-13(11-14)17-20-21-18(24-17)25-12-15-9-10-23(22-15)16-7-2-1-3-8-16/h1-11H,12H2. The van der Waals surface area contributed by atoms with Gasteiger partial charge in [0.25, 0.3) is 5.22 Å². The highest BCUT2D eigenvalue weighted by Gasteiger charge is 2.10. The molecule has 0 aliphatic rings. The second-order valence-electron chi connectivity index (χ2n) is 5.26. The topological polar surface area (TPSA) is 56.7 Å². The van der Waals surface area contributed by atoms with E-state index < -0.39 is 0 Å². The molecule has 0 spiro atoms. The molecule has 4 rings (SSSR count). The van der Waals surface area contributed by atoms with Gasteiger partial charge in [-0.2, -0.15) is 5.10 Å². The van der Waals surface area contributed by atoms with Gasteiger partial charge in [-0.3, -0.25) is 0 Å². The van der Waals surface area contributed by atoms with E-state index in [-0.39, 0.29) is 0 Å². The van der Waals surface area contributed by atoms with E-state index in [4.69, 9.17) is 16.0 Å². The molecule has 0 saturated heterocycles. The Morgan fingerprint density at radius 2 is 1.88 bits per heavy atom. The molecule has 2 heterocycles. The maximum atomic E-state index is 5.99. The fourth-order valence-corrected chi connectivity index (χ4v) is 3.16. The quantitative estimate of drug-likeness (QED) is 0.470. The van der Waals surface area contributed by atoms with Crippen LogP contribution in [0, 0.1) is 0 Å². The lowest BCUT2D eigenvalue weighted by Gasteiger charge is -1.99. The van der Waals surface area contributed by atoms with Crippen LogP contribution in [0.4, 0.5) is 0 Å². The number of hydrogen-bond acceptors (Lipinski definition) is 5. The van der Waals surface area contributed by atoms with E-state index in [2.05, 4.69) is 15.3 Å². The third-order valence-electron chi connectivity index (χ3n) is 3.49. The van der Waals surface area contributed by atoms with E-state index in [1.165, 1.54) is 11.8 Å². The molecule has 0 bridgehead atoms. The van der Waals surface area contributed by atoms with Crippen molar-refractivity contribution >= 4 is 23.4 Å². The van der Waals surface area contributed by atoms with Crippen LogP contribution in [-0.2, 0) is 5.75 Å². The van der Waals surface area contributed by atoms with Gasteiger partial charge in [0.15, 0.2) is 0 Å². The van der Waals surface area contributed by atoms with Crippen molar-refractivity contribution in [3.05, 3.63) is 77.6 Å². The first-order valence-corrected chi connectivity index (χ1v) is 8.96. The Balaban J connectivity index is 1.43. The maximum absolute atomic E-state index is 5.99. The fraction of sp³-hybridized carbons (Fsp3) is 0.0556. The van der Waals surface area contributed by atoms with Gasteiger partial charge in [-0.05, 0) is 36.4 Å². The smallest absolute Gasteiger partial charge is 0.277 e. The molecule has 2 aromatic heterocycles. The summed E-state index contributed by atoms with van der Waals surface area (Å²) in [5.41, 5.74) is 2.77. The van der Waals surface area contributed by atoms with Crippen molar-refractivity contribution in [2.75, 3.05) is 0 Å². The highest BCUT2D eigenvalue weighted by Crippen LogP contribution is 2.26. The van der Waals surface area contributed by atoms with Gasteiger partial charge in [-0.25, -0.2) is 4.68 Å².